The lowest BCUT2D eigenvalue weighted by molar-refractivity contribution is -0.131. The number of ether oxygens (including phenoxy) is 1. The van der Waals surface area contributed by atoms with Crippen molar-refractivity contribution in [3.8, 4) is 5.75 Å². The molecular formula is C14H17BrO5. The molecule has 1 aromatic rings. The molecule has 0 unspecified atom stereocenters. The summed E-state index contributed by atoms with van der Waals surface area (Å²) in [5, 5.41) is 28.5. The molecule has 3 N–H and O–H groups in total. The summed E-state index contributed by atoms with van der Waals surface area (Å²) in [6, 6.07) is 4.78. The second-order valence-corrected chi connectivity index (χ2v) is 5.16. The number of carbonyl (C=O) groups is 1. The van der Waals surface area contributed by atoms with Gasteiger partial charge in [0.2, 0.25) is 0 Å². The Morgan fingerprint density at radius 1 is 1.50 bits per heavy atom. The predicted octanol–water partition coefficient (Wildman–Crippen LogP) is 2.62. The van der Waals surface area contributed by atoms with Crippen molar-refractivity contribution < 1.29 is 24.9 Å². The van der Waals surface area contributed by atoms with E-state index in [1.54, 1.807) is 12.1 Å². The molecule has 0 saturated heterocycles. The number of aliphatic hydroxyl groups excluding tert-OH is 1. The van der Waals surface area contributed by atoms with E-state index in [4.69, 9.17) is 9.84 Å². The molecule has 0 saturated carbocycles. The molecule has 0 aromatic heterocycles. The van der Waals surface area contributed by atoms with Gasteiger partial charge in [-0.05, 0) is 31.0 Å². The lowest BCUT2D eigenvalue weighted by Gasteiger charge is -2.22. The normalized spacial score (nSPS) is 14.3. The standard InChI is InChI=1S/C14H17BrO5/c1-20-12(4-2-3-5-13(17)18)14(19)10-8-9(15)6-7-11(10)16/h3,5-8,12,14,16,19H,2,4H2,1H3,(H,17,18)/b5-3+/t12-,14-/m1/s1. The molecule has 110 valence electrons. The quantitative estimate of drug-likeness (QED) is 0.662. The number of halogens is 1. The zero-order chi connectivity index (χ0) is 15.1. The zero-order valence-electron chi connectivity index (χ0n) is 11.0. The van der Waals surface area contributed by atoms with Gasteiger partial charge in [0.25, 0.3) is 0 Å². The fourth-order valence-corrected chi connectivity index (χ4v) is 2.19. The van der Waals surface area contributed by atoms with Gasteiger partial charge < -0.3 is 20.1 Å². The van der Waals surface area contributed by atoms with Gasteiger partial charge >= 0.3 is 5.97 Å². The minimum atomic E-state index is -1.01. The van der Waals surface area contributed by atoms with Gasteiger partial charge in [0.05, 0.1) is 6.10 Å². The highest BCUT2D eigenvalue weighted by Crippen LogP contribution is 2.31. The van der Waals surface area contributed by atoms with Gasteiger partial charge in [-0.2, -0.15) is 0 Å². The molecular weight excluding hydrogens is 328 g/mol. The number of allylic oxidation sites excluding steroid dienone is 1. The Bertz CT molecular complexity index is 486. The van der Waals surface area contributed by atoms with Crippen molar-refractivity contribution >= 4 is 21.9 Å². The number of aliphatic hydroxyl groups is 1. The van der Waals surface area contributed by atoms with Crippen LogP contribution in [0.1, 0.15) is 24.5 Å². The zero-order valence-corrected chi connectivity index (χ0v) is 12.6. The highest BCUT2D eigenvalue weighted by molar-refractivity contribution is 9.10. The van der Waals surface area contributed by atoms with Crippen molar-refractivity contribution in [3.63, 3.8) is 0 Å². The van der Waals surface area contributed by atoms with Crippen LogP contribution in [0.15, 0.2) is 34.8 Å². The Morgan fingerprint density at radius 2 is 2.20 bits per heavy atom. The van der Waals surface area contributed by atoms with Gasteiger partial charge in [0.15, 0.2) is 0 Å². The molecule has 2 atom stereocenters. The number of phenolic OH excluding ortho intramolecular Hbond substituents is 1. The molecule has 0 aliphatic carbocycles. The number of benzene rings is 1. The first-order valence-corrected chi connectivity index (χ1v) is 6.83. The number of hydrogen-bond acceptors (Lipinski definition) is 4. The average Bonchev–Trinajstić information content (AvgIpc) is 2.40. The average molecular weight is 345 g/mol. The molecule has 0 heterocycles. The van der Waals surface area contributed by atoms with Crippen LogP contribution in [0.2, 0.25) is 0 Å². The van der Waals surface area contributed by atoms with Crippen LogP contribution < -0.4 is 0 Å². The van der Waals surface area contributed by atoms with E-state index in [0.29, 0.717) is 18.4 Å². The number of aromatic hydroxyl groups is 1. The van der Waals surface area contributed by atoms with E-state index in [9.17, 15) is 15.0 Å². The fraction of sp³-hybridized carbons (Fsp3) is 0.357. The smallest absolute Gasteiger partial charge is 0.327 e. The molecule has 1 aromatic carbocycles. The molecule has 0 fully saturated rings. The van der Waals surface area contributed by atoms with Crippen LogP contribution in [0.5, 0.6) is 5.75 Å². The summed E-state index contributed by atoms with van der Waals surface area (Å²) in [7, 11) is 1.46. The van der Waals surface area contributed by atoms with Crippen LogP contribution in [0.4, 0.5) is 0 Å². The Kier molecular flexibility index (Phi) is 6.70. The fourth-order valence-electron chi connectivity index (χ4n) is 1.81. The van der Waals surface area contributed by atoms with E-state index in [1.807, 2.05) is 0 Å². The molecule has 20 heavy (non-hydrogen) atoms. The van der Waals surface area contributed by atoms with E-state index in [2.05, 4.69) is 15.9 Å². The number of carboxylic acids is 1. The van der Waals surface area contributed by atoms with Gasteiger partial charge in [-0.25, -0.2) is 4.79 Å². The van der Waals surface area contributed by atoms with Crippen LogP contribution in [-0.4, -0.2) is 34.5 Å². The van der Waals surface area contributed by atoms with Gasteiger partial charge in [-0.1, -0.05) is 22.0 Å². The van der Waals surface area contributed by atoms with E-state index in [1.165, 1.54) is 19.3 Å². The third kappa shape index (κ3) is 4.96. The van der Waals surface area contributed by atoms with E-state index < -0.39 is 18.2 Å². The monoisotopic (exact) mass is 344 g/mol. The molecule has 5 nitrogen and oxygen atoms in total. The van der Waals surface area contributed by atoms with Crippen molar-refractivity contribution in [2.24, 2.45) is 0 Å². The van der Waals surface area contributed by atoms with Crippen molar-refractivity contribution in [1.82, 2.24) is 0 Å². The summed E-state index contributed by atoms with van der Waals surface area (Å²) in [6.45, 7) is 0. The molecule has 0 spiro atoms. The van der Waals surface area contributed by atoms with Gasteiger partial charge in [-0.15, -0.1) is 0 Å². The Balaban J connectivity index is 2.73. The van der Waals surface area contributed by atoms with Crippen molar-refractivity contribution in [1.29, 1.82) is 0 Å². The molecule has 0 aliphatic heterocycles. The van der Waals surface area contributed by atoms with Crippen LogP contribution >= 0.6 is 15.9 Å². The first-order valence-electron chi connectivity index (χ1n) is 6.04. The van der Waals surface area contributed by atoms with Crippen molar-refractivity contribution in [3.05, 3.63) is 40.4 Å². The highest BCUT2D eigenvalue weighted by atomic mass is 79.9. The maximum atomic E-state index is 10.3. The summed E-state index contributed by atoms with van der Waals surface area (Å²) in [6.07, 6.45) is 1.92. The summed E-state index contributed by atoms with van der Waals surface area (Å²) in [5.74, 6) is -1.02. The van der Waals surface area contributed by atoms with Crippen molar-refractivity contribution in [2.75, 3.05) is 7.11 Å². The summed E-state index contributed by atoms with van der Waals surface area (Å²) in [4.78, 5) is 10.3. The van der Waals surface area contributed by atoms with E-state index in [-0.39, 0.29) is 5.75 Å². The Labute approximate surface area is 125 Å². The van der Waals surface area contributed by atoms with Crippen LogP contribution in [0, 0.1) is 0 Å². The number of carboxylic acid groups (broad SMARTS) is 1. The number of hydrogen-bond donors (Lipinski definition) is 3. The minimum absolute atomic E-state index is 0.0103. The number of phenols is 1. The van der Waals surface area contributed by atoms with Gasteiger partial charge in [-0.3, -0.25) is 0 Å². The number of rotatable bonds is 7. The van der Waals surface area contributed by atoms with E-state index >= 15 is 0 Å². The van der Waals surface area contributed by atoms with Crippen molar-refractivity contribution in [2.45, 2.75) is 25.0 Å². The summed E-state index contributed by atoms with van der Waals surface area (Å²) in [5.41, 5.74) is 0.369. The summed E-state index contributed by atoms with van der Waals surface area (Å²) >= 11 is 3.28. The third-order valence-corrected chi connectivity index (χ3v) is 3.33. The maximum Gasteiger partial charge on any atom is 0.327 e. The predicted molar refractivity (Wildman–Crippen MR) is 77.6 cm³/mol. The molecule has 0 radical (unpaired) electrons. The number of aliphatic carboxylic acids is 1. The molecule has 6 heteroatoms. The molecule has 1 rings (SSSR count). The third-order valence-electron chi connectivity index (χ3n) is 2.84. The summed E-state index contributed by atoms with van der Waals surface area (Å²) < 4.78 is 5.95. The lowest BCUT2D eigenvalue weighted by atomic mass is 10.00. The topological polar surface area (TPSA) is 87.0 Å². The minimum Gasteiger partial charge on any atom is -0.508 e. The Morgan fingerprint density at radius 3 is 2.80 bits per heavy atom. The van der Waals surface area contributed by atoms with Gasteiger partial charge in [0, 0.05) is 23.2 Å². The van der Waals surface area contributed by atoms with E-state index in [0.717, 1.165) is 10.5 Å². The SMILES string of the molecule is CO[C@H](CC/C=C/C(=O)O)[C@H](O)c1cc(Br)ccc1O. The van der Waals surface area contributed by atoms with Crippen LogP contribution in [0.3, 0.4) is 0 Å². The largest absolute Gasteiger partial charge is 0.508 e. The molecule has 0 bridgehead atoms. The molecule has 0 amide bonds. The van der Waals surface area contributed by atoms with Gasteiger partial charge in [0.1, 0.15) is 11.9 Å². The lowest BCUT2D eigenvalue weighted by Crippen LogP contribution is -2.20. The van der Waals surface area contributed by atoms with Crippen LogP contribution in [0.25, 0.3) is 0 Å². The van der Waals surface area contributed by atoms with Crippen LogP contribution in [-0.2, 0) is 9.53 Å². The second-order valence-electron chi connectivity index (χ2n) is 4.24. The highest BCUT2D eigenvalue weighted by Gasteiger charge is 2.22. The second kappa shape index (κ2) is 8.04. The first-order chi connectivity index (χ1) is 9.45. The number of methoxy groups -OCH3 is 1. The Hall–Kier alpha value is -1.37. The first kappa shape index (κ1) is 16.7. The molecule has 0 aliphatic rings. The maximum absolute atomic E-state index is 10.3.